The summed E-state index contributed by atoms with van der Waals surface area (Å²) in [6.45, 7) is 6.33. The number of aryl methyl sites for hydroxylation is 2. The Balaban J connectivity index is 1.56. The molecule has 2 fully saturated rings. The van der Waals surface area contributed by atoms with Gasteiger partial charge in [0.05, 0.1) is 31.1 Å². The molecule has 29 heavy (non-hydrogen) atoms. The summed E-state index contributed by atoms with van der Waals surface area (Å²) in [7, 11) is 0. The highest BCUT2D eigenvalue weighted by Gasteiger charge is 2.26. The molecule has 0 spiro atoms. The van der Waals surface area contributed by atoms with E-state index in [2.05, 4.69) is 20.0 Å². The van der Waals surface area contributed by atoms with Crippen molar-refractivity contribution in [2.75, 3.05) is 62.4 Å². The monoisotopic (exact) mass is 412 g/mol. The van der Waals surface area contributed by atoms with Crippen molar-refractivity contribution in [2.24, 2.45) is 0 Å². The SMILES string of the molecule is C1CCc2c(nc(N3CCOCC3)c3sc4nnc(N5CCOCC5)nc4c23)C1. The summed E-state index contributed by atoms with van der Waals surface area (Å²) in [5.74, 6) is 1.80. The topological polar surface area (TPSA) is 76.5 Å². The Morgan fingerprint density at radius 2 is 1.52 bits per heavy atom. The average Bonchev–Trinajstić information content (AvgIpc) is 3.19. The highest BCUT2D eigenvalue weighted by Crippen LogP contribution is 2.42. The lowest BCUT2D eigenvalue weighted by Crippen LogP contribution is -2.37. The van der Waals surface area contributed by atoms with Crippen LogP contribution in [-0.2, 0) is 22.3 Å². The van der Waals surface area contributed by atoms with Gasteiger partial charge in [-0.05, 0) is 31.2 Å². The van der Waals surface area contributed by atoms with Crippen molar-refractivity contribution in [3.8, 4) is 0 Å². The molecule has 2 saturated heterocycles. The van der Waals surface area contributed by atoms with Gasteiger partial charge in [-0.15, -0.1) is 21.5 Å². The zero-order valence-corrected chi connectivity index (χ0v) is 17.2. The number of hydrogen-bond donors (Lipinski definition) is 0. The van der Waals surface area contributed by atoms with E-state index in [0.717, 1.165) is 74.3 Å². The van der Waals surface area contributed by atoms with Crippen LogP contribution in [0.15, 0.2) is 0 Å². The number of rotatable bonds is 2. The first kappa shape index (κ1) is 17.7. The van der Waals surface area contributed by atoms with Gasteiger partial charge in [0.1, 0.15) is 11.3 Å². The Morgan fingerprint density at radius 1 is 0.793 bits per heavy atom. The van der Waals surface area contributed by atoms with E-state index in [1.165, 1.54) is 34.2 Å². The van der Waals surface area contributed by atoms with Gasteiger partial charge in [-0.2, -0.15) is 0 Å². The Bertz CT molecular complexity index is 1060. The van der Waals surface area contributed by atoms with Crippen LogP contribution in [0.3, 0.4) is 0 Å². The number of morpholine rings is 2. The lowest BCUT2D eigenvalue weighted by Gasteiger charge is -2.29. The Kier molecular flexibility index (Phi) is 4.46. The van der Waals surface area contributed by atoms with E-state index in [1.807, 2.05) is 0 Å². The first-order valence-electron chi connectivity index (χ1n) is 10.5. The number of aromatic nitrogens is 4. The molecular weight excluding hydrogens is 388 g/mol. The van der Waals surface area contributed by atoms with Crippen LogP contribution in [0.1, 0.15) is 24.1 Å². The van der Waals surface area contributed by atoms with Gasteiger partial charge in [0.25, 0.3) is 0 Å². The highest BCUT2D eigenvalue weighted by molar-refractivity contribution is 7.26. The number of anilines is 2. The maximum atomic E-state index is 5.57. The number of fused-ring (bicyclic) bond motifs is 5. The summed E-state index contributed by atoms with van der Waals surface area (Å²) in [5, 5.41) is 10.3. The molecule has 0 saturated carbocycles. The zero-order chi connectivity index (χ0) is 19.2. The second-order valence-corrected chi connectivity index (χ2v) is 8.84. The first-order valence-corrected chi connectivity index (χ1v) is 11.3. The molecule has 0 aromatic carbocycles. The summed E-state index contributed by atoms with van der Waals surface area (Å²) >= 11 is 1.69. The molecule has 3 aromatic heterocycles. The molecule has 0 bridgehead atoms. The zero-order valence-electron chi connectivity index (χ0n) is 16.4. The molecule has 3 aliphatic rings. The van der Waals surface area contributed by atoms with Crippen molar-refractivity contribution in [1.82, 2.24) is 20.2 Å². The van der Waals surface area contributed by atoms with Crippen molar-refractivity contribution in [1.29, 1.82) is 0 Å². The second kappa shape index (κ2) is 7.30. The highest BCUT2D eigenvalue weighted by atomic mass is 32.1. The number of pyridine rings is 1. The largest absolute Gasteiger partial charge is 0.378 e. The minimum Gasteiger partial charge on any atom is -0.378 e. The van der Waals surface area contributed by atoms with Crippen LogP contribution in [0.4, 0.5) is 11.8 Å². The molecule has 9 heteroatoms. The molecule has 0 N–H and O–H groups in total. The van der Waals surface area contributed by atoms with Gasteiger partial charge >= 0.3 is 0 Å². The van der Waals surface area contributed by atoms with Crippen LogP contribution >= 0.6 is 11.3 Å². The maximum Gasteiger partial charge on any atom is 0.246 e. The average molecular weight is 413 g/mol. The minimum absolute atomic E-state index is 0.715. The fourth-order valence-corrected chi connectivity index (χ4v) is 5.69. The fraction of sp³-hybridized carbons (Fsp3) is 0.600. The van der Waals surface area contributed by atoms with Crippen LogP contribution < -0.4 is 9.80 Å². The minimum atomic E-state index is 0.715. The van der Waals surface area contributed by atoms with Gasteiger partial charge in [0.15, 0.2) is 4.83 Å². The van der Waals surface area contributed by atoms with Crippen molar-refractivity contribution in [2.45, 2.75) is 25.7 Å². The Morgan fingerprint density at radius 3 is 2.31 bits per heavy atom. The lowest BCUT2D eigenvalue weighted by molar-refractivity contribution is 0.122. The van der Waals surface area contributed by atoms with E-state index in [1.54, 1.807) is 11.3 Å². The van der Waals surface area contributed by atoms with Crippen molar-refractivity contribution in [3.63, 3.8) is 0 Å². The van der Waals surface area contributed by atoms with Crippen molar-refractivity contribution in [3.05, 3.63) is 11.3 Å². The molecule has 0 atom stereocenters. The van der Waals surface area contributed by atoms with Crippen LogP contribution in [0.25, 0.3) is 20.4 Å². The van der Waals surface area contributed by atoms with E-state index < -0.39 is 0 Å². The molecule has 152 valence electrons. The molecule has 1 aliphatic carbocycles. The van der Waals surface area contributed by atoms with Crippen LogP contribution in [0, 0.1) is 0 Å². The van der Waals surface area contributed by atoms with Crippen LogP contribution in [-0.4, -0.2) is 72.8 Å². The van der Waals surface area contributed by atoms with E-state index in [-0.39, 0.29) is 0 Å². The second-order valence-electron chi connectivity index (χ2n) is 7.84. The van der Waals surface area contributed by atoms with Crippen LogP contribution in [0.2, 0.25) is 0 Å². The molecule has 2 aliphatic heterocycles. The standard InChI is InChI=1S/C20H24N6O2S/c1-2-4-14-13(3-1)15-16-19(23-24-20(22-16)26-7-11-28-12-8-26)29-17(15)18(21-14)25-5-9-27-10-6-25/h1-12H2. The van der Waals surface area contributed by atoms with E-state index in [9.17, 15) is 0 Å². The van der Waals surface area contributed by atoms with E-state index >= 15 is 0 Å². The molecule has 0 unspecified atom stereocenters. The van der Waals surface area contributed by atoms with Gasteiger partial charge in [0, 0.05) is 37.3 Å². The molecule has 6 rings (SSSR count). The maximum absolute atomic E-state index is 5.57. The smallest absolute Gasteiger partial charge is 0.246 e. The summed E-state index contributed by atoms with van der Waals surface area (Å²) < 4.78 is 12.3. The molecule has 8 nitrogen and oxygen atoms in total. The third kappa shape index (κ3) is 3.03. The van der Waals surface area contributed by atoms with Gasteiger partial charge < -0.3 is 19.3 Å². The van der Waals surface area contributed by atoms with Gasteiger partial charge in [-0.1, -0.05) is 0 Å². The van der Waals surface area contributed by atoms with Gasteiger partial charge in [-0.25, -0.2) is 9.97 Å². The normalized spacial score (nSPS) is 20.4. The summed E-state index contributed by atoms with van der Waals surface area (Å²) in [4.78, 5) is 15.6. The summed E-state index contributed by atoms with van der Waals surface area (Å²) in [6, 6.07) is 0. The predicted molar refractivity (Wildman–Crippen MR) is 113 cm³/mol. The van der Waals surface area contributed by atoms with E-state index in [0.29, 0.717) is 13.2 Å². The quantitative estimate of drug-likeness (QED) is 0.634. The van der Waals surface area contributed by atoms with Gasteiger partial charge in [0.2, 0.25) is 5.95 Å². The van der Waals surface area contributed by atoms with Gasteiger partial charge in [-0.3, -0.25) is 0 Å². The fourth-order valence-electron chi connectivity index (χ4n) is 4.58. The lowest BCUT2D eigenvalue weighted by atomic mass is 9.93. The van der Waals surface area contributed by atoms with Crippen molar-refractivity contribution < 1.29 is 9.47 Å². The summed E-state index contributed by atoms with van der Waals surface area (Å²) in [5.41, 5.74) is 3.62. The number of hydrogen-bond acceptors (Lipinski definition) is 9. The summed E-state index contributed by atoms with van der Waals surface area (Å²) in [6.07, 6.45) is 4.55. The molecular formula is C20H24N6O2S. The third-order valence-electron chi connectivity index (χ3n) is 6.10. The Labute approximate surface area is 172 Å². The van der Waals surface area contributed by atoms with E-state index in [4.69, 9.17) is 19.4 Å². The molecule has 3 aromatic rings. The number of nitrogens with zero attached hydrogens (tertiary/aromatic N) is 6. The van der Waals surface area contributed by atoms with Crippen LogP contribution in [0.5, 0.6) is 0 Å². The number of ether oxygens (including phenoxy) is 2. The Hall–Kier alpha value is -2.10. The predicted octanol–water partition coefficient (Wildman–Crippen LogP) is 2.19. The van der Waals surface area contributed by atoms with Crippen molar-refractivity contribution >= 4 is 43.5 Å². The third-order valence-corrected chi connectivity index (χ3v) is 7.16. The molecule has 0 amide bonds. The molecule has 0 radical (unpaired) electrons. The molecule has 5 heterocycles. The first-order chi connectivity index (χ1) is 14.4. The number of thiophene rings is 1.